The van der Waals surface area contributed by atoms with Crippen LogP contribution >= 0.6 is 0 Å². The van der Waals surface area contributed by atoms with E-state index in [0.717, 1.165) is 24.5 Å². The topological polar surface area (TPSA) is 69.4 Å². The molecular weight excluding hydrogens is 222 g/mol. The molecule has 1 aliphatic heterocycles. The van der Waals surface area contributed by atoms with E-state index < -0.39 is 0 Å². The molecule has 2 heterocycles. The zero-order chi connectivity index (χ0) is 12.3. The highest BCUT2D eigenvalue weighted by molar-refractivity contribution is 5.02. The molecule has 1 aromatic rings. The molecule has 1 aromatic heterocycles. The van der Waals surface area contributed by atoms with Crippen molar-refractivity contribution in [2.24, 2.45) is 0 Å². The minimum absolute atomic E-state index is 0.0823. The number of nitrogens with one attached hydrogen (secondary N) is 1. The van der Waals surface area contributed by atoms with Crippen LogP contribution < -0.4 is 5.32 Å². The molecule has 0 amide bonds. The normalized spacial score (nSPS) is 23.8. The van der Waals surface area contributed by atoms with Crippen LogP contribution in [0.1, 0.15) is 25.2 Å². The SMILES string of the molecule is Cc1nonc1COCC1CNCC(C)(C)O1. The summed E-state index contributed by atoms with van der Waals surface area (Å²) in [5.41, 5.74) is 1.39. The molecule has 1 aliphatic rings. The van der Waals surface area contributed by atoms with Gasteiger partial charge in [0.2, 0.25) is 0 Å². The summed E-state index contributed by atoms with van der Waals surface area (Å²) in [6.45, 7) is 8.63. The van der Waals surface area contributed by atoms with Crippen molar-refractivity contribution in [2.75, 3.05) is 19.7 Å². The summed E-state index contributed by atoms with van der Waals surface area (Å²) < 4.78 is 16.0. The second kappa shape index (κ2) is 5.12. The van der Waals surface area contributed by atoms with Crippen LogP contribution in [0.25, 0.3) is 0 Å². The van der Waals surface area contributed by atoms with Gasteiger partial charge < -0.3 is 14.8 Å². The molecule has 17 heavy (non-hydrogen) atoms. The minimum atomic E-state index is -0.127. The van der Waals surface area contributed by atoms with Crippen molar-refractivity contribution in [3.63, 3.8) is 0 Å². The summed E-state index contributed by atoms with van der Waals surface area (Å²) in [7, 11) is 0. The Morgan fingerprint density at radius 2 is 2.29 bits per heavy atom. The summed E-state index contributed by atoms with van der Waals surface area (Å²) in [4.78, 5) is 0. The Bertz CT molecular complexity index is 365. The fourth-order valence-electron chi connectivity index (χ4n) is 1.83. The fraction of sp³-hybridized carbons (Fsp3) is 0.818. The van der Waals surface area contributed by atoms with Crippen LogP contribution in [0.5, 0.6) is 0 Å². The fourth-order valence-corrected chi connectivity index (χ4v) is 1.83. The van der Waals surface area contributed by atoms with Crippen LogP contribution in [0.2, 0.25) is 0 Å². The van der Waals surface area contributed by atoms with Gasteiger partial charge in [-0.3, -0.25) is 0 Å². The number of aryl methyl sites for hydroxylation is 1. The van der Waals surface area contributed by atoms with Crippen molar-refractivity contribution in [3.05, 3.63) is 11.4 Å². The van der Waals surface area contributed by atoms with E-state index in [0.29, 0.717) is 13.2 Å². The number of nitrogens with zero attached hydrogens (tertiary/aromatic N) is 2. The summed E-state index contributed by atoms with van der Waals surface area (Å²) in [5.74, 6) is 0. The number of rotatable bonds is 4. The minimum Gasteiger partial charge on any atom is -0.372 e. The molecule has 0 aromatic carbocycles. The van der Waals surface area contributed by atoms with E-state index in [1.54, 1.807) is 0 Å². The maximum atomic E-state index is 5.88. The van der Waals surface area contributed by atoms with Gasteiger partial charge in [0.05, 0.1) is 24.9 Å². The molecule has 6 nitrogen and oxygen atoms in total. The Labute approximate surface area is 101 Å². The number of hydrogen-bond donors (Lipinski definition) is 1. The third kappa shape index (κ3) is 3.49. The van der Waals surface area contributed by atoms with Gasteiger partial charge in [0.15, 0.2) is 0 Å². The molecule has 96 valence electrons. The van der Waals surface area contributed by atoms with E-state index in [-0.39, 0.29) is 11.7 Å². The third-order valence-corrected chi connectivity index (χ3v) is 2.70. The van der Waals surface area contributed by atoms with E-state index >= 15 is 0 Å². The van der Waals surface area contributed by atoms with Crippen LogP contribution in [0.3, 0.4) is 0 Å². The summed E-state index contributed by atoms with van der Waals surface area (Å²) in [6, 6.07) is 0. The first-order chi connectivity index (χ1) is 8.07. The molecule has 0 radical (unpaired) electrons. The number of morpholine rings is 1. The highest BCUT2D eigenvalue weighted by Crippen LogP contribution is 2.15. The lowest BCUT2D eigenvalue weighted by Crippen LogP contribution is -2.51. The molecular formula is C11H19N3O3. The second-order valence-electron chi connectivity index (χ2n) is 4.94. The van der Waals surface area contributed by atoms with Crippen LogP contribution in [0.4, 0.5) is 0 Å². The predicted octanol–water partition coefficient (Wildman–Crippen LogP) is 0.662. The second-order valence-corrected chi connectivity index (χ2v) is 4.94. The van der Waals surface area contributed by atoms with Gasteiger partial charge in [0.25, 0.3) is 0 Å². The lowest BCUT2D eigenvalue weighted by Gasteiger charge is -2.36. The quantitative estimate of drug-likeness (QED) is 0.835. The van der Waals surface area contributed by atoms with E-state index in [1.807, 2.05) is 6.92 Å². The molecule has 1 atom stereocenters. The van der Waals surface area contributed by atoms with E-state index in [9.17, 15) is 0 Å². The van der Waals surface area contributed by atoms with Gasteiger partial charge in [0, 0.05) is 13.1 Å². The summed E-state index contributed by atoms with van der Waals surface area (Å²) in [5, 5.41) is 10.8. The zero-order valence-electron chi connectivity index (χ0n) is 10.5. The maximum Gasteiger partial charge on any atom is 0.133 e. The average Bonchev–Trinajstić information content (AvgIpc) is 2.63. The van der Waals surface area contributed by atoms with Gasteiger partial charge in [-0.2, -0.15) is 0 Å². The molecule has 0 bridgehead atoms. The molecule has 6 heteroatoms. The Morgan fingerprint density at radius 3 is 2.94 bits per heavy atom. The van der Waals surface area contributed by atoms with Crippen molar-refractivity contribution in [1.29, 1.82) is 0 Å². The first-order valence-electron chi connectivity index (χ1n) is 5.81. The van der Waals surface area contributed by atoms with Crippen molar-refractivity contribution in [1.82, 2.24) is 15.6 Å². The molecule has 1 fully saturated rings. The smallest absolute Gasteiger partial charge is 0.133 e. The van der Waals surface area contributed by atoms with Gasteiger partial charge >= 0.3 is 0 Å². The average molecular weight is 241 g/mol. The molecule has 1 N–H and O–H groups in total. The number of ether oxygens (including phenoxy) is 2. The van der Waals surface area contributed by atoms with Crippen molar-refractivity contribution in [3.8, 4) is 0 Å². The largest absolute Gasteiger partial charge is 0.372 e. The Hall–Kier alpha value is -0.980. The lowest BCUT2D eigenvalue weighted by molar-refractivity contribution is -0.122. The lowest BCUT2D eigenvalue weighted by atomic mass is 10.1. The van der Waals surface area contributed by atoms with E-state index in [2.05, 4.69) is 34.1 Å². The first-order valence-corrected chi connectivity index (χ1v) is 5.81. The molecule has 0 saturated carbocycles. The molecule has 0 aliphatic carbocycles. The molecule has 0 spiro atoms. The number of hydrogen-bond acceptors (Lipinski definition) is 6. The third-order valence-electron chi connectivity index (χ3n) is 2.70. The van der Waals surface area contributed by atoms with Crippen LogP contribution in [-0.4, -0.2) is 41.7 Å². The van der Waals surface area contributed by atoms with Crippen molar-refractivity contribution < 1.29 is 14.1 Å². The highest BCUT2D eigenvalue weighted by Gasteiger charge is 2.28. The monoisotopic (exact) mass is 241 g/mol. The molecule has 2 rings (SSSR count). The van der Waals surface area contributed by atoms with Gasteiger partial charge in [-0.15, -0.1) is 0 Å². The van der Waals surface area contributed by atoms with Gasteiger partial charge in [0.1, 0.15) is 11.4 Å². The van der Waals surface area contributed by atoms with E-state index in [1.165, 1.54) is 0 Å². The van der Waals surface area contributed by atoms with Crippen LogP contribution in [-0.2, 0) is 16.1 Å². The van der Waals surface area contributed by atoms with E-state index in [4.69, 9.17) is 9.47 Å². The predicted molar refractivity (Wildman–Crippen MR) is 60.5 cm³/mol. The van der Waals surface area contributed by atoms with Crippen molar-refractivity contribution in [2.45, 2.75) is 39.1 Å². The zero-order valence-corrected chi connectivity index (χ0v) is 10.5. The highest BCUT2D eigenvalue weighted by atomic mass is 16.6. The molecule has 1 saturated heterocycles. The number of aromatic nitrogens is 2. The van der Waals surface area contributed by atoms with Crippen LogP contribution in [0, 0.1) is 6.92 Å². The Balaban J connectivity index is 1.74. The Morgan fingerprint density at radius 1 is 1.47 bits per heavy atom. The molecule has 1 unspecified atom stereocenters. The van der Waals surface area contributed by atoms with Gasteiger partial charge in [-0.1, -0.05) is 10.3 Å². The summed E-state index contributed by atoms with van der Waals surface area (Å²) >= 11 is 0. The summed E-state index contributed by atoms with van der Waals surface area (Å²) in [6.07, 6.45) is 0.0823. The standard InChI is InChI=1S/C11H19N3O3/c1-8-10(14-17-13-8)6-15-5-9-4-12-7-11(2,3)16-9/h9,12H,4-7H2,1-3H3. The first kappa shape index (κ1) is 12.5. The Kier molecular flexibility index (Phi) is 3.76. The van der Waals surface area contributed by atoms with Crippen molar-refractivity contribution >= 4 is 0 Å². The van der Waals surface area contributed by atoms with Gasteiger partial charge in [-0.25, -0.2) is 4.63 Å². The maximum absolute atomic E-state index is 5.88. The van der Waals surface area contributed by atoms with Crippen LogP contribution in [0.15, 0.2) is 4.63 Å². The van der Waals surface area contributed by atoms with Gasteiger partial charge in [-0.05, 0) is 20.8 Å².